The summed E-state index contributed by atoms with van der Waals surface area (Å²) in [6.45, 7) is 6.44. The molecule has 0 aliphatic carbocycles. The Morgan fingerprint density at radius 1 is 1.55 bits per heavy atom. The number of hydrogen-bond donors (Lipinski definition) is 4. The van der Waals surface area contributed by atoms with Crippen molar-refractivity contribution in [2.45, 2.75) is 32.2 Å². The molecule has 1 aliphatic rings. The molecule has 1 saturated heterocycles. The van der Waals surface area contributed by atoms with E-state index in [2.05, 4.69) is 29.5 Å². The molecule has 1 amide bonds. The van der Waals surface area contributed by atoms with Gasteiger partial charge in [-0.25, -0.2) is 10.5 Å². The Balaban J connectivity index is 2.03. The molecule has 0 radical (unpaired) electrons. The van der Waals surface area contributed by atoms with E-state index in [0.29, 0.717) is 5.92 Å². The zero-order valence-corrected chi connectivity index (χ0v) is 13.1. The van der Waals surface area contributed by atoms with Crippen LogP contribution in [-0.4, -0.2) is 34.7 Å². The summed E-state index contributed by atoms with van der Waals surface area (Å²) in [6, 6.07) is 3.80. The van der Waals surface area contributed by atoms with Crippen molar-refractivity contribution >= 4 is 17.8 Å². The molecule has 4 N–H and O–H groups in total. The van der Waals surface area contributed by atoms with E-state index in [1.165, 1.54) is 6.08 Å². The van der Waals surface area contributed by atoms with E-state index in [1.54, 1.807) is 17.8 Å². The number of carbonyl (C=O) groups excluding carboxylic acids is 1. The quantitative estimate of drug-likeness (QED) is 0.366. The van der Waals surface area contributed by atoms with Gasteiger partial charge in [-0.15, -0.1) is 0 Å². The maximum atomic E-state index is 10.9. The molecule has 0 unspecified atom stereocenters. The van der Waals surface area contributed by atoms with Crippen LogP contribution < -0.4 is 16.1 Å². The fraction of sp³-hybridized carbons (Fsp3) is 0.500. The van der Waals surface area contributed by atoms with Crippen molar-refractivity contribution in [2.75, 3.05) is 18.4 Å². The first-order chi connectivity index (χ1) is 10.5. The summed E-state index contributed by atoms with van der Waals surface area (Å²) >= 11 is 0. The number of amides is 1. The summed E-state index contributed by atoms with van der Waals surface area (Å²) < 4.78 is 0. The van der Waals surface area contributed by atoms with E-state index in [-0.39, 0.29) is 5.54 Å². The summed E-state index contributed by atoms with van der Waals surface area (Å²) in [5, 5.41) is 15.4. The molecule has 1 atom stereocenters. The zero-order chi connectivity index (χ0) is 16.0. The number of hydroxylamine groups is 1. The number of hydrogen-bond acceptors (Lipinski definition) is 5. The molecule has 0 saturated carbocycles. The van der Waals surface area contributed by atoms with Crippen LogP contribution >= 0.6 is 0 Å². The molecular weight excluding hydrogens is 280 g/mol. The maximum Gasteiger partial charge on any atom is 0.267 e. The molecule has 0 aromatic carbocycles. The first-order valence-corrected chi connectivity index (χ1v) is 7.60. The molecule has 0 spiro atoms. The fourth-order valence-corrected chi connectivity index (χ4v) is 2.92. The van der Waals surface area contributed by atoms with Gasteiger partial charge in [-0.3, -0.25) is 10.0 Å². The largest absolute Gasteiger partial charge is 0.363 e. The fourth-order valence-electron chi connectivity index (χ4n) is 2.92. The Bertz CT molecular complexity index is 519. The van der Waals surface area contributed by atoms with E-state index in [0.717, 1.165) is 37.3 Å². The van der Waals surface area contributed by atoms with Gasteiger partial charge in [-0.05, 0) is 49.1 Å². The minimum absolute atomic E-state index is 0.0648. The SMILES string of the molecule is CC(C)C[C@@]1(Nc2ccc(/C=C/C(=O)NO)cn2)CCNC1. The average Bonchev–Trinajstić information content (AvgIpc) is 2.93. The first kappa shape index (κ1) is 16.5. The van der Waals surface area contributed by atoms with Crippen LogP contribution in [0.3, 0.4) is 0 Å². The van der Waals surface area contributed by atoms with Gasteiger partial charge in [-0.1, -0.05) is 13.8 Å². The van der Waals surface area contributed by atoms with Crippen LogP contribution in [0.5, 0.6) is 0 Å². The number of aromatic nitrogens is 1. The topological polar surface area (TPSA) is 86.3 Å². The van der Waals surface area contributed by atoms with Crippen molar-refractivity contribution in [3.63, 3.8) is 0 Å². The van der Waals surface area contributed by atoms with Crippen molar-refractivity contribution < 1.29 is 10.0 Å². The van der Waals surface area contributed by atoms with E-state index >= 15 is 0 Å². The summed E-state index contributed by atoms with van der Waals surface area (Å²) in [4.78, 5) is 15.4. The van der Waals surface area contributed by atoms with Crippen LogP contribution in [0.25, 0.3) is 6.08 Å². The van der Waals surface area contributed by atoms with Crippen molar-refractivity contribution in [2.24, 2.45) is 5.92 Å². The maximum absolute atomic E-state index is 10.9. The van der Waals surface area contributed by atoms with Gasteiger partial charge >= 0.3 is 0 Å². The van der Waals surface area contributed by atoms with Gasteiger partial charge in [0.1, 0.15) is 5.82 Å². The van der Waals surface area contributed by atoms with Crippen LogP contribution in [0.4, 0.5) is 5.82 Å². The van der Waals surface area contributed by atoms with E-state index in [4.69, 9.17) is 5.21 Å². The Labute approximate surface area is 131 Å². The lowest BCUT2D eigenvalue weighted by Crippen LogP contribution is -2.42. The Morgan fingerprint density at radius 3 is 2.91 bits per heavy atom. The highest BCUT2D eigenvalue weighted by Crippen LogP contribution is 2.27. The molecule has 120 valence electrons. The summed E-state index contributed by atoms with van der Waals surface area (Å²) in [5.41, 5.74) is 2.42. The minimum Gasteiger partial charge on any atom is -0.363 e. The molecule has 2 heterocycles. The van der Waals surface area contributed by atoms with Gasteiger partial charge in [0.05, 0.1) is 5.54 Å². The number of pyridine rings is 1. The molecule has 1 aromatic heterocycles. The number of rotatable bonds is 6. The van der Waals surface area contributed by atoms with E-state index in [1.807, 2.05) is 12.1 Å². The summed E-state index contributed by atoms with van der Waals surface area (Å²) in [7, 11) is 0. The molecule has 1 aromatic rings. The minimum atomic E-state index is -0.560. The summed E-state index contributed by atoms with van der Waals surface area (Å²) in [5.74, 6) is 0.898. The molecule has 6 heteroatoms. The van der Waals surface area contributed by atoms with Gasteiger partial charge in [0.25, 0.3) is 5.91 Å². The van der Waals surface area contributed by atoms with Crippen molar-refractivity contribution in [3.8, 4) is 0 Å². The molecule has 22 heavy (non-hydrogen) atoms. The molecule has 1 aliphatic heterocycles. The number of carbonyl (C=O) groups is 1. The number of nitrogens with zero attached hydrogens (tertiary/aromatic N) is 1. The van der Waals surface area contributed by atoms with Gasteiger partial charge in [-0.2, -0.15) is 0 Å². The van der Waals surface area contributed by atoms with Crippen LogP contribution in [-0.2, 0) is 4.79 Å². The first-order valence-electron chi connectivity index (χ1n) is 7.60. The molecule has 2 rings (SSSR count). The third-order valence-electron chi connectivity index (χ3n) is 3.76. The van der Waals surface area contributed by atoms with Crippen LogP contribution in [0.2, 0.25) is 0 Å². The van der Waals surface area contributed by atoms with E-state index in [9.17, 15) is 4.79 Å². The lowest BCUT2D eigenvalue weighted by molar-refractivity contribution is -0.124. The molecule has 1 fully saturated rings. The average molecular weight is 304 g/mol. The van der Waals surface area contributed by atoms with Gasteiger partial charge < -0.3 is 10.6 Å². The second-order valence-corrected chi connectivity index (χ2v) is 6.22. The van der Waals surface area contributed by atoms with Crippen LogP contribution in [0.15, 0.2) is 24.4 Å². The third-order valence-corrected chi connectivity index (χ3v) is 3.76. The lowest BCUT2D eigenvalue weighted by atomic mass is 9.88. The second-order valence-electron chi connectivity index (χ2n) is 6.22. The molecule has 6 nitrogen and oxygen atoms in total. The Hall–Kier alpha value is -1.92. The number of nitrogens with one attached hydrogen (secondary N) is 3. The lowest BCUT2D eigenvalue weighted by Gasteiger charge is -2.32. The van der Waals surface area contributed by atoms with Crippen molar-refractivity contribution in [3.05, 3.63) is 30.0 Å². The monoisotopic (exact) mass is 304 g/mol. The van der Waals surface area contributed by atoms with E-state index < -0.39 is 5.91 Å². The highest BCUT2D eigenvalue weighted by atomic mass is 16.5. The zero-order valence-electron chi connectivity index (χ0n) is 13.1. The van der Waals surface area contributed by atoms with Gasteiger partial charge in [0, 0.05) is 18.8 Å². The van der Waals surface area contributed by atoms with Crippen LogP contribution in [0, 0.1) is 5.92 Å². The van der Waals surface area contributed by atoms with Crippen LogP contribution in [0.1, 0.15) is 32.3 Å². The standard InChI is InChI=1S/C16H24N4O2/c1-12(2)9-16(7-8-17-11-16)19-14-5-3-13(10-18-14)4-6-15(21)20-22/h3-6,10,12,17,22H,7-9,11H2,1-2H3,(H,18,19)(H,20,21)/b6-4+/t16-/m0/s1. The predicted molar refractivity (Wildman–Crippen MR) is 86.5 cm³/mol. The third kappa shape index (κ3) is 4.54. The highest BCUT2D eigenvalue weighted by Gasteiger charge is 2.34. The van der Waals surface area contributed by atoms with Crippen molar-refractivity contribution in [1.82, 2.24) is 15.8 Å². The smallest absolute Gasteiger partial charge is 0.267 e. The second kappa shape index (κ2) is 7.38. The predicted octanol–water partition coefficient (Wildman–Crippen LogP) is 1.79. The number of anilines is 1. The normalized spacial score (nSPS) is 21.5. The highest BCUT2D eigenvalue weighted by molar-refractivity contribution is 5.90. The molecular formula is C16H24N4O2. The Morgan fingerprint density at radius 2 is 2.36 bits per heavy atom. The summed E-state index contributed by atoms with van der Waals surface area (Å²) in [6.07, 6.45) is 6.74. The van der Waals surface area contributed by atoms with Crippen molar-refractivity contribution in [1.29, 1.82) is 0 Å². The Kier molecular flexibility index (Phi) is 5.51. The van der Waals surface area contributed by atoms with Gasteiger partial charge in [0.2, 0.25) is 0 Å². The van der Waals surface area contributed by atoms with Gasteiger partial charge in [0.15, 0.2) is 0 Å². The molecule has 0 bridgehead atoms.